The van der Waals surface area contributed by atoms with Crippen molar-refractivity contribution in [2.45, 2.75) is 44.6 Å². The molecule has 4 nitrogen and oxygen atoms in total. The molecule has 0 aromatic heterocycles. The quantitative estimate of drug-likeness (QED) is 0.898. The molecule has 1 amide bonds. The SMILES string of the molecule is CC1(NC(=O)Cc2cccc(F)c2F)CCCCC1C(=O)O. The summed E-state index contributed by atoms with van der Waals surface area (Å²) in [6.07, 6.45) is 2.38. The Morgan fingerprint density at radius 1 is 1.36 bits per heavy atom. The lowest BCUT2D eigenvalue weighted by Crippen LogP contribution is -2.55. The minimum atomic E-state index is -1.04. The van der Waals surface area contributed by atoms with Gasteiger partial charge in [0.15, 0.2) is 11.6 Å². The summed E-state index contributed by atoms with van der Waals surface area (Å²) >= 11 is 0. The van der Waals surface area contributed by atoms with Crippen LogP contribution >= 0.6 is 0 Å². The molecule has 1 aliphatic carbocycles. The Hall–Kier alpha value is -1.98. The fraction of sp³-hybridized carbons (Fsp3) is 0.500. The predicted molar refractivity (Wildman–Crippen MR) is 76.2 cm³/mol. The highest BCUT2D eigenvalue weighted by Crippen LogP contribution is 2.34. The number of nitrogens with one attached hydrogen (secondary N) is 1. The average molecular weight is 311 g/mol. The van der Waals surface area contributed by atoms with E-state index in [-0.39, 0.29) is 12.0 Å². The number of carbonyl (C=O) groups excluding carboxylic acids is 1. The van der Waals surface area contributed by atoms with Gasteiger partial charge in [0, 0.05) is 5.56 Å². The van der Waals surface area contributed by atoms with Crippen molar-refractivity contribution < 1.29 is 23.5 Å². The molecule has 2 atom stereocenters. The normalized spacial score (nSPS) is 24.8. The Balaban J connectivity index is 2.10. The van der Waals surface area contributed by atoms with Crippen molar-refractivity contribution in [3.63, 3.8) is 0 Å². The van der Waals surface area contributed by atoms with E-state index < -0.39 is 35.0 Å². The lowest BCUT2D eigenvalue weighted by molar-refractivity contribution is -0.146. The lowest BCUT2D eigenvalue weighted by Gasteiger charge is -2.39. The van der Waals surface area contributed by atoms with E-state index in [1.165, 1.54) is 12.1 Å². The number of benzene rings is 1. The molecule has 0 radical (unpaired) electrons. The smallest absolute Gasteiger partial charge is 0.308 e. The van der Waals surface area contributed by atoms with E-state index in [9.17, 15) is 23.5 Å². The third-order valence-corrected chi connectivity index (χ3v) is 4.31. The summed E-state index contributed by atoms with van der Waals surface area (Å²) in [7, 11) is 0. The van der Waals surface area contributed by atoms with Crippen molar-refractivity contribution in [2.75, 3.05) is 0 Å². The number of aliphatic carboxylic acids is 1. The molecule has 0 spiro atoms. The van der Waals surface area contributed by atoms with Gasteiger partial charge in [0.25, 0.3) is 0 Å². The fourth-order valence-corrected chi connectivity index (χ4v) is 3.10. The van der Waals surface area contributed by atoms with Gasteiger partial charge in [-0.15, -0.1) is 0 Å². The molecule has 1 aromatic carbocycles. The molecule has 1 aromatic rings. The second-order valence-corrected chi connectivity index (χ2v) is 5.99. The molecule has 2 rings (SSSR count). The highest BCUT2D eigenvalue weighted by Gasteiger charge is 2.42. The number of carboxylic acid groups (broad SMARTS) is 1. The molecule has 0 bridgehead atoms. The molecule has 0 aliphatic heterocycles. The van der Waals surface area contributed by atoms with Crippen LogP contribution in [0.1, 0.15) is 38.2 Å². The van der Waals surface area contributed by atoms with Gasteiger partial charge in [-0.2, -0.15) is 0 Å². The Bertz CT molecular complexity index is 591. The van der Waals surface area contributed by atoms with Crippen molar-refractivity contribution in [2.24, 2.45) is 5.92 Å². The zero-order valence-corrected chi connectivity index (χ0v) is 12.4. The molecular weight excluding hydrogens is 292 g/mol. The van der Waals surface area contributed by atoms with Crippen molar-refractivity contribution in [1.29, 1.82) is 0 Å². The van der Waals surface area contributed by atoms with Crippen LogP contribution in [-0.2, 0) is 16.0 Å². The van der Waals surface area contributed by atoms with Crippen LogP contribution in [-0.4, -0.2) is 22.5 Å². The number of hydrogen-bond donors (Lipinski definition) is 2. The van der Waals surface area contributed by atoms with Gasteiger partial charge in [-0.05, 0) is 25.8 Å². The fourth-order valence-electron chi connectivity index (χ4n) is 3.10. The van der Waals surface area contributed by atoms with E-state index in [1.54, 1.807) is 6.92 Å². The molecule has 2 N–H and O–H groups in total. The summed E-state index contributed by atoms with van der Waals surface area (Å²) in [6.45, 7) is 1.70. The summed E-state index contributed by atoms with van der Waals surface area (Å²) in [4.78, 5) is 23.5. The Labute approximate surface area is 127 Å². The molecule has 2 unspecified atom stereocenters. The first kappa shape index (κ1) is 16.4. The maximum absolute atomic E-state index is 13.6. The van der Waals surface area contributed by atoms with Crippen molar-refractivity contribution in [1.82, 2.24) is 5.32 Å². The van der Waals surface area contributed by atoms with Crippen molar-refractivity contribution in [3.05, 3.63) is 35.4 Å². The van der Waals surface area contributed by atoms with Crippen LogP contribution in [0.2, 0.25) is 0 Å². The first-order valence-corrected chi connectivity index (χ1v) is 7.30. The molecule has 1 fully saturated rings. The topological polar surface area (TPSA) is 66.4 Å². The van der Waals surface area contributed by atoms with Crippen LogP contribution in [0.4, 0.5) is 8.78 Å². The van der Waals surface area contributed by atoms with E-state index in [2.05, 4.69) is 5.32 Å². The second kappa shape index (κ2) is 6.42. The van der Waals surface area contributed by atoms with E-state index >= 15 is 0 Å². The summed E-state index contributed by atoms with van der Waals surface area (Å²) < 4.78 is 26.7. The van der Waals surface area contributed by atoms with Crippen molar-refractivity contribution in [3.8, 4) is 0 Å². The van der Waals surface area contributed by atoms with Gasteiger partial charge < -0.3 is 10.4 Å². The zero-order chi connectivity index (χ0) is 16.3. The molecule has 1 aliphatic rings. The second-order valence-electron chi connectivity index (χ2n) is 5.99. The van der Waals surface area contributed by atoms with E-state index in [0.717, 1.165) is 18.9 Å². The number of carbonyl (C=O) groups is 2. The monoisotopic (exact) mass is 311 g/mol. The number of amides is 1. The minimum absolute atomic E-state index is 0.0382. The van der Waals surface area contributed by atoms with E-state index in [4.69, 9.17) is 0 Å². The van der Waals surface area contributed by atoms with Gasteiger partial charge in [-0.1, -0.05) is 25.0 Å². The van der Waals surface area contributed by atoms with Crippen molar-refractivity contribution >= 4 is 11.9 Å². The Kier molecular flexibility index (Phi) is 4.78. The molecule has 22 heavy (non-hydrogen) atoms. The summed E-state index contributed by atoms with van der Waals surface area (Å²) in [5.74, 6) is -4.15. The lowest BCUT2D eigenvalue weighted by atomic mass is 9.74. The molecule has 6 heteroatoms. The Morgan fingerprint density at radius 3 is 2.77 bits per heavy atom. The van der Waals surface area contributed by atoms with Crippen LogP contribution in [0.5, 0.6) is 0 Å². The summed E-state index contributed by atoms with van der Waals surface area (Å²) in [5.41, 5.74) is -0.894. The zero-order valence-electron chi connectivity index (χ0n) is 12.4. The van der Waals surface area contributed by atoms with E-state index in [0.29, 0.717) is 12.8 Å². The highest BCUT2D eigenvalue weighted by molar-refractivity contribution is 5.81. The van der Waals surface area contributed by atoms with E-state index in [1.807, 2.05) is 0 Å². The standard InChI is InChI=1S/C16H19F2NO3/c1-16(8-3-2-6-11(16)15(21)22)19-13(20)9-10-5-4-7-12(17)14(10)18/h4-5,7,11H,2-3,6,8-9H2,1H3,(H,19,20)(H,21,22). The average Bonchev–Trinajstić information content (AvgIpc) is 2.43. The summed E-state index contributed by atoms with van der Waals surface area (Å²) in [6, 6.07) is 3.67. The van der Waals surface area contributed by atoms with Crippen LogP contribution < -0.4 is 5.32 Å². The number of hydrogen-bond acceptors (Lipinski definition) is 2. The maximum atomic E-state index is 13.6. The number of carboxylic acids is 1. The van der Waals surface area contributed by atoms with Crippen LogP contribution in [0, 0.1) is 17.6 Å². The van der Waals surface area contributed by atoms with Gasteiger partial charge in [-0.3, -0.25) is 9.59 Å². The minimum Gasteiger partial charge on any atom is -0.481 e. The maximum Gasteiger partial charge on any atom is 0.308 e. The summed E-state index contributed by atoms with van der Waals surface area (Å²) in [5, 5.41) is 12.0. The third-order valence-electron chi connectivity index (χ3n) is 4.31. The van der Waals surface area contributed by atoms with Crippen LogP contribution in [0.3, 0.4) is 0 Å². The largest absolute Gasteiger partial charge is 0.481 e. The molecule has 120 valence electrons. The Morgan fingerprint density at radius 2 is 2.09 bits per heavy atom. The first-order valence-electron chi connectivity index (χ1n) is 7.30. The number of rotatable bonds is 4. The number of halogens is 2. The first-order chi connectivity index (χ1) is 10.3. The van der Waals surface area contributed by atoms with Gasteiger partial charge in [0.2, 0.25) is 5.91 Å². The molecule has 0 heterocycles. The van der Waals surface area contributed by atoms with Gasteiger partial charge in [0.05, 0.1) is 17.9 Å². The third kappa shape index (κ3) is 3.43. The van der Waals surface area contributed by atoms with Gasteiger partial charge in [-0.25, -0.2) is 8.78 Å². The molecule has 0 saturated heterocycles. The van der Waals surface area contributed by atoms with Gasteiger partial charge >= 0.3 is 5.97 Å². The molecular formula is C16H19F2NO3. The van der Waals surface area contributed by atoms with Gasteiger partial charge in [0.1, 0.15) is 0 Å². The predicted octanol–water partition coefficient (Wildman–Crippen LogP) is 2.66. The van der Waals surface area contributed by atoms with Crippen LogP contribution in [0.25, 0.3) is 0 Å². The van der Waals surface area contributed by atoms with Crippen LogP contribution in [0.15, 0.2) is 18.2 Å². The highest BCUT2D eigenvalue weighted by atomic mass is 19.2. The molecule has 1 saturated carbocycles.